The molecule has 0 aliphatic rings. The second-order valence-corrected chi connectivity index (χ2v) is 6.04. The molecule has 1 atom stereocenters. The highest BCUT2D eigenvalue weighted by atomic mass is 32.2. The topological polar surface area (TPSA) is 3.24 Å². The van der Waals surface area contributed by atoms with Crippen LogP contribution in [0.2, 0.25) is 0 Å². The summed E-state index contributed by atoms with van der Waals surface area (Å²) < 4.78 is 0. The minimum Gasteiger partial charge on any atom is -0.306 e. The Kier molecular flexibility index (Phi) is 6.07. The normalized spacial score (nSPS) is 13.4. The van der Waals surface area contributed by atoms with Crippen LogP contribution in [0.3, 0.4) is 0 Å². The van der Waals surface area contributed by atoms with Crippen molar-refractivity contribution in [3.05, 3.63) is 29.8 Å². The van der Waals surface area contributed by atoms with Gasteiger partial charge in [-0.15, -0.1) is 11.8 Å². The van der Waals surface area contributed by atoms with Crippen LogP contribution in [0.5, 0.6) is 0 Å². The van der Waals surface area contributed by atoms with Gasteiger partial charge in [-0.25, -0.2) is 0 Å². The summed E-state index contributed by atoms with van der Waals surface area (Å²) in [5, 5.41) is 0. The molecule has 1 rings (SSSR count). The number of rotatable bonds is 6. The summed E-state index contributed by atoms with van der Waals surface area (Å²) >= 11 is 1.80. The molecule has 1 aromatic rings. The van der Waals surface area contributed by atoms with E-state index in [0.717, 1.165) is 5.92 Å². The van der Waals surface area contributed by atoms with Gasteiger partial charge in [0.15, 0.2) is 0 Å². The lowest BCUT2D eigenvalue weighted by Crippen LogP contribution is -2.33. The summed E-state index contributed by atoms with van der Waals surface area (Å²) in [5.74, 6) is 0.718. The van der Waals surface area contributed by atoms with Crippen LogP contribution in [0.25, 0.3) is 0 Å². The Morgan fingerprint density at radius 2 is 1.71 bits per heavy atom. The Labute approximate surface area is 111 Å². The molecule has 0 aliphatic carbocycles. The van der Waals surface area contributed by atoms with E-state index in [0.29, 0.717) is 6.04 Å². The third-order valence-electron chi connectivity index (χ3n) is 3.32. The number of benzene rings is 1. The SMILES string of the molecule is CSc1ccc(CCC(C(C)C)N(C)C)cc1. The van der Waals surface area contributed by atoms with Gasteiger partial charge in [-0.2, -0.15) is 0 Å². The van der Waals surface area contributed by atoms with Gasteiger partial charge in [0.2, 0.25) is 0 Å². The molecular formula is C15H25NS. The van der Waals surface area contributed by atoms with Crippen LogP contribution in [0.15, 0.2) is 29.2 Å². The van der Waals surface area contributed by atoms with E-state index in [4.69, 9.17) is 0 Å². The van der Waals surface area contributed by atoms with Crippen molar-refractivity contribution in [2.24, 2.45) is 5.92 Å². The minimum atomic E-state index is 0.676. The Balaban J connectivity index is 2.53. The molecule has 17 heavy (non-hydrogen) atoms. The first-order valence-electron chi connectivity index (χ1n) is 6.34. The van der Waals surface area contributed by atoms with E-state index < -0.39 is 0 Å². The van der Waals surface area contributed by atoms with Crippen molar-refractivity contribution in [3.63, 3.8) is 0 Å². The summed E-state index contributed by atoms with van der Waals surface area (Å²) in [6.45, 7) is 4.61. The van der Waals surface area contributed by atoms with E-state index in [9.17, 15) is 0 Å². The summed E-state index contributed by atoms with van der Waals surface area (Å²) in [5.41, 5.74) is 1.45. The smallest absolute Gasteiger partial charge is 0.0115 e. The first-order valence-corrected chi connectivity index (χ1v) is 7.56. The Morgan fingerprint density at radius 1 is 1.12 bits per heavy atom. The van der Waals surface area contributed by atoms with Crippen molar-refractivity contribution in [3.8, 4) is 0 Å². The second kappa shape index (κ2) is 7.07. The molecule has 0 aromatic heterocycles. The zero-order valence-corrected chi connectivity index (χ0v) is 12.6. The van der Waals surface area contributed by atoms with Crippen LogP contribution >= 0.6 is 11.8 Å². The molecule has 0 spiro atoms. The van der Waals surface area contributed by atoms with Gasteiger partial charge in [0.1, 0.15) is 0 Å². The molecule has 0 radical (unpaired) electrons. The van der Waals surface area contributed by atoms with Crippen molar-refractivity contribution >= 4 is 11.8 Å². The fourth-order valence-electron chi connectivity index (χ4n) is 2.29. The van der Waals surface area contributed by atoms with Crippen LogP contribution in [0, 0.1) is 5.92 Å². The summed E-state index contributed by atoms with van der Waals surface area (Å²) in [6.07, 6.45) is 4.54. The van der Waals surface area contributed by atoms with Crippen LogP contribution in [-0.4, -0.2) is 31.3 Å². The maximum absolute atomic E-state index is 2.35. The van der Waals surface area contributed by atoms with Crippen molar-refractivity contribution in [2.75, 3.05) is 20.4 Å². The molecule has 1 nitrogen and oxygen atoms in total. The quantitative estimate of drug-likeness (QED) is 0.705. The van der Waals surface area contributed by atoms with Crippen molar-refractivity contribution < 1.29 is 0 Å². The second-order valence-electron chi connectivity index (χ2n) is 5.16. The predicted octanol–water partition coefficient (Wildman–Crippen LogP) is 3.93. The van der Waals surface area contributed by atoms with Gasteiger partial charge in [0.05, 0.1) is 0 Å². The van der Waals surface area contributed by atoms with Crippen LogP contribution in [-0.2, 0) is 6.42 Å². The standard InChI is InChI=1S/C15H25NS/c1-12(2)15(16(3)4)11-8-13-6-9-14(17-5)10-7-13/h6-7,9-10,12,15H,8,11H2,1-5H3. The highest BCUT2D eigenvalue weighted by Crippen LogP contribution is 2.18. The van der Waals surface area contributed by atoms with Gasteiger partial charge in [0.25, 0.3) is 0 Å². The fraction of sp³-hybridized carbons (Fsp3) is 0.600. The fourth-order valence-corrected chi connectivity index (χ4v) is 2.70. The van der Waals surface area contributed by atoms with Gasteiger partial charge in [0, 0.05) is 10.9 Å². The molecule has 1 aromatic carbocycles. The van der Waals surface area contributed by atoms with E-state index >= 15 is 0 Å². The first-order chi connectivity index (χ1) is 8.04. The zero-order valence-electron chi connectivity index (χ0n) is 11.7. The van der Waals surface area contributed by atoms with Gasteiger partial charge in [-0.1, -0.05) is 26.0 Å². The van der Waals surface area contributed by atoms with Gasteiger partial charge < -0.3 is 4.90 Å². The minimum absolute atomic E-state index is 0.676. The number of nitrogens with zero attached hydrogens (tertiary/aromatic N) is 1. The Bertz CT molecular complexity index is 308. The molecule has 0 aliphatic heterocycles. The third kappa shape index (κ3) is 4.72. The largest absolute Gasteiger partial charge is 0.306 e. The highest BCUT2D eigenvalue weighted by molar-refractivity contribution is 7.98. The van der Waals surface area contributed by atoms with Gasteiger partial charge in [-0.05, 0) is 56.8 Å². The van der Waals surface area contributed by atoms with E-state index in [1.807, 2.05) is 0 Å². The number of thioether (sulfide) groups is 1. The van der Waals surface area contributed by atoms with Crippen LogP contribution < -0.4 is 0 Å². The highest BCUT2D eigenvalue weighted by Gasteiger charge is 2.15. The van der Waals surface area contributed by atoms with E-state index in [1.165, 1.54) is 23.3 Å². The molecule has 0 saturated heterocycles. The summed E-state index contributed by atoms with van der Waals surface area (Å²) in [6, 6.07) is 9.65. The lowest BCUT2D eigenvalue weighted by Gasteiger charge is -2.28. The third-order valence-corrected chi connectivity index (χ3v) is 4.06. The molecule has 0 heterocycles. The summed E-state index contributed by atoms with van der Waals surface area (Å²) in [4.78, 5) is 3.70. The number of hydrogen-bond donors (Lipinski definition) is 0. The average Bonchev–Trinajstić information content (AvgIpc) is 2.29. The molecule has 0 fully saturated rings. The Morgan fingerprint density at radius 3 is 2.12 bits per heavy atom. The van der Waals surface area contributed by atoms with Gasteiger partial charge in [-0.3, -0.25) is 0 Å². The summed E-state index contributed by atoms with van der Waals surface area (Å²) in [7, 11) is 4.36. The molecule has 0 amide bonds. The predicted molar refractivity (Wildman–Crippen MR) is 78.9 cm³/mol. The first kappa shape index (κ1) is 14.6. The maximum atomic E-state index is 2.35. The van der Waals surface area contributed by atoms with Crippen molar-refractivity contribution in [2.45, 2.75) is 37.6 Å². The molecule has 0 N–H and O–H groups in total. The molecule has 96 valence electrons. The van der Waals surface area contributed by atoms with Crippen molar-refractivity contribution in [1.82, 2.24) is 4.90 Å². The zero-order chi connectivity index (χ0) is 12.8. The monoisotopic (exact) mass is 251 g/mol. The van der Waals surface area contributed by atoms with Gasteiger partial charge >= 0.3 is 0 Å². The van der Waals surface area contributed by atoms with E-state index in [2.05, 4.69) is 63.4 Å². The van der Waals surface area contributed by atoms with E-state index in [-0.39, 0.29) is 0 Å². The Hall–Kier alpha value is -0.470. The van der Waals surface area contributed by atoms with E-state index in [1.54, 1.807) is 11.8 Å². The van der Waals surface area contributed by atoms with Crippen molar-refractivity contribution in [1.29, 1.82) is 0 Å². The lowest BCUT2D eigenvalue weighted by atomic mass is 9.96. The molecular weight excluding hydrogens is 226 g/mol. The maximum Gasteiger partial charge on any atom is 0.0115 e. The molecule has 0 bridgehead atoms. The molecule has 0 saturated carbocycles. The molecule has 1 unspecified atom stereocenters. The number of aryl methyl sites for hydroxylation is 1. The lowest BCUT2D eigenvalue weighted by molar-refractivity contribution is 0.219. The molecule has 2 heteroatoms. The van der Waals surface area contributed by atoms with Crippen LogP contribution in [0.4, 0.5) is 0 Å². The number of hydrogen-bond acceptors (Lipinski definition) is 2. The van der Waals surface area contributed by atoms with Crippen LogP contribution in [0.1, 0.15) is 25.8 Å². The average molecular weight is 251 g/mol.